The number of nitrogens with zero attached hydrogens (tertiary/aromatic N) is 3. The highest BCUT2D eigenvalue weighted by atomic mass is 32.2. The van der Waals surface area contributed by atoms with Gasteiger partial charge in [0.05, 0.1) is 22.0 Å². The maximum atomic E-state index is 11.6. The molecule has 1 unspecified atom stereocenters. The van der Waals surface area contributed by atoms with E-state index in [2.05, 4.69) is 20.6 Å². The van der Waals surface area contributed by atoms with E-state index in [9.17, 15) is 18.5 Å². The molecule has 1 fully saturated rings. The van der Waals surface area contributed by atoms with Crippen molar-refractivity contribution in [2.45, 2.75) is 18.9 Å². The molecule has 1 aromatic heterocycles. The van der Waals surface area contributed by atoms with Crippen LogP contribution in [-0.4, -0.2) is 47.4 Å². The molecule has 0 bridgehead atoms. The number of hydrogen-bond donors (Lipinski definition) is 2. The first-order chi connectivity index (χ1) is 9.25. The van der Waals surface area contributed by atoms with E-state index < -0.39 is 20.3 Å². The van der Waals surface area contributed by atoms with Gasteiger partial charge >= 0.3 is 5.69 Å². The molecule has 2 rings (SSSR count). The van der Waals surface area contributed by atoms with Gasteiger partial charge in [0.15, 0.2) is 9.84 Å². The minimum atomic E-state index is -3.11. The summed E-state index contributed by atoms with van der Waals surface area (Å²) in [5.41, 5.74) is -1.04. The number of sulfone groups is 1. The molecule has 9 nitrogen and oxygen atoms in total. The number of nitro groups is 1. The van der Waals surface area contributed by atoms with Crippen LogP contribution in [0.3, 0.4) is 0 Å². The number of nitrogens with one attached hydrogen (secondary N) is 2. The van der Waals surface area contributed by atoms with Crippen LogP contribution in [0.5, 0.6) is 0 Å². The molecule has 1 saturated heterocycles. The summed E-state index contributed by atoms with van der Waals surface area (Å²) in [7, 11) is -1.52. The number of anilines is 2. The van der Waals surface area contributed by atoms with Crippen molar-refractivity contribution in [3.63, 3.8) is 0 Å². The smallest absolute Gasteiger partial charge is 0.329 e. The van der Waals surface area contributed by atoms with E-state index in [-0.39, 0.29) is 29.0 Å². The predicted molar refractivity (Wildman–Crippen MR) is 73.5 cm³/mol. The van der Waals surface area contributed by atoms with E-state index >= 15 is 0 Å². The van der Waals surface area contributed by atoms with Crippen LogP contribution >= 0.6 is 0 Å². The van der Waals surface area contributed by atoms with E-state index in [4.69, 9.17) is 0 Å². The van der Waals surface area contributed by atoms with E-state index in [1.807, 2.05) is 0 Å². The van der Waals surface area contributed by atoms with Crippen molar-refractivity contribution in [3.05, 3.63) is 16.3 Å². The molecule has 2 N–H and O–H groups in total. The van der Waals surface area contributed by atoms with Crippen LogP contribution in [0.2, 0.25) is 0 Å². The topological polar surface area (TPSA) is 127 Å². The Bertz CT molecular complexity index is 647. The maximum absolute atomic E-state index is 11.6. The third kappa shape index (κ3) is 2.95. The molecule has 0 radical (unpaired) electrons. The summed E-state index contributed by atoms with van der Waals surface area (Å²) in [6.45, 7) is 1.71. The minimum Gasteiger partial charge on any atom is -0.358 e. The Kier molecular flexibility index (Phi) is 3.50. The first kappa shape index (κ1) is 14.4. The summed E-state index contributed by atoms with van der Waals surface area (Å²) in [6, 6.07) is 0. The molecule has 0 aromatic carbocycles. The zero-order valence-corrected chi connectivity index (χ0v) is 11.9. The minimum absolute atomic E-state index is 0.0222. The Balaban J connectivity index is 2.35. The van der Waals surface area contributed by atoms with Crippen molar-refractivity contribution in [1.82, 2.24) is 9.97 Å². The summed E-state index contributed by atoms with van der Waals surface area (Å²) in [4.78, 5) is 18.2. The van der Waals surface area contributed by atoms with Crippen molar-refractivity contribution in [3.8, 4) is 0 Å². The number of hydrogen-bond acceptors (Lipinski definition) is 8. The van der Waals surface area contributed by atoms with Crippen molar-refractivity contribution in [1.29, 1.82) is 0 Å². The van der Waals surface area contributed by atoms with Gasteiger partial charge in [-0.25, -0.2) is 13.4 Å². The monoisotopic (exact) mass is 301 g/mol. The van der Waals surface area contributed by atoms with Crippen LogP contribution in [0.15, 0.2) is 6.20 Å². The second-order valence-corrected chi connectivity index (χ2v) is 7.15. The zero-order valence-electron chi connectivity index (χ0n) is 11.1. The van der Waals surface area contributed by atoms with Crippen LogP contribution in [0.25, 0.3) is 0 Å². The standard InChI is InChI=1S/C10H15N5O4S/c1-10(3-4-20(18,19)6-10)14-8-7(15(16)17)5-12-9(11-2)13-8/h5H,3-4,6H2,1-2H3,(H2,11,12,13,14). The van der Waals surface area contributed by atoms with Gasteiger partial charge in [0, 0.05) is 7.05 Å². The molecule has 110 valence electrons. The average molecular weight is 301 g/mol. The Morgan fingerprint density at radius 2 is 2.20 bits per heavy atom. The molecular formula is C10H15N5O4S. The lowest BCUT2D eigenvalue weighted by Gasteiger charge is -2.24. The molecule has 0 spiro atoms. The summed E-state index contributed by atoms with van der Waals surface area (Å²) in [5.74, 6) is 0.237. The highest BCUT2D eigenvalue weighted by Gasteiger charge is 2.39. The van der Waals surface area contributed by atoms with Crippen LogP contribution in [0.4, 0.5) is 17.5 Å². The molecule has 0 amide bonds. The van der Waals surface area contributed by atoms with E-state index in [1.54, 1.807) is 14.0 Å². The summed E-state index contributed by atoms with van der Waals surface area (Å²) < 4.78 is 23.1. The van der Waals surface area contributed by atoms with Crippen molar-refractivity contribution >= 4 is 27.3 Å². The molecule has 1 atom stereocenters. The lowest BCUT2D eigenvalue weighted by atomic mass is 10.0. The summed E-state index contributed by atoms with van der Waals surface area (Å²) in [6.07, 6.45) is 1.47. The Hall–Kier alpha value is -1.97. The molecule has 1 aromatic rings. The van der Waals surface area contributed by atoms with Crippen molar-refractivity contribution in [2.75, 3.05) is 29.2 Å². The van der Waals surface area contributed by atoms with Gasteiger partial charge in [0.25, 0.3) is 0 Å². The number of aromatic nitrogens is 2. The van der Waals surface area contributed by atoms with Crippen LogP contribution in [-0.2, 0) is 9.84 Å². The van der Waals surface area contributed by atoms with Gasteiger partial charge in [-0.3, -0.25) is 10.1 Å². The van der Waals surface area contributed by atoms with Gasteiger partial charge in [-0.2, -0.15) is 4.98 Å². The zero-order chi connectivity index (χ0) is 15.0. The second kappa shape index (κ2) is 4.85. The molecule has 1 aliphatic rings. The van der Waals surface area contributed by atoms with Gasteiger partial charge in [-0.05, 0) is 13.3 Å². The van der Waals surface area contributed by atoms with E-state index in [0.29, 0.717) is 6.42 Å². The highest BCUT2D eigenvalue weighted by Crippen LogP contribution is 2.31. The first-order valence-corrected chi connectivity index (χ1v) is 7.75. The summed E-state index contributed by atoms with van der Waals surface area (Å²) >= 11 is 0. The Morgan fingerprint density at radius 3 is 2.70 bits per heavy atom. The maximum Gasteiger partial charge on any atom is 0.329 e. The molecule has 2 heterocycles. The Morgan fingerprint density at radius 1 is 1.50 bits per heavy atom. The van der Waals surface area contributed by atoms with Crippen LogP contribution < -0.4 is 10.6 Å². The number of rotatable bonds is 4. The van der Waals surface area contributed by atoms with E-state index in [1.165, 1.54) is 0 Å². The quantitative estimate of drug-likeness (QED) is 0.605. The SMILES string of the molecule is CNc1ncc([N+](=O)[O-])c(NC2(C)CCS(=O)(=O)C2)n1. The molecule has 0 saturated carbocycles. The Labute approximate surface area is 115 Å². The van der Waals surface area contributed by atoms with Crippen molar-refractivity contribution in [2.24, 2.45) is 0 Å². The molecule has 10 heteroatoms. The fourth-order valence-electron chi connectivity index (χ4n) is 2.12. The molecular weight excluding hydrogens is 286 g/mol. The van der Waals surface area contributed by atoms with Crippen LogP contribution in [0.1, 0.15) is 13.3 Å². The van der Waals surface area contributed by atoms with Crippen LogP contribution in [0, 0.1) is 10.1 Å². The second-order valence-electron chi connectivity index (χ2n) is 4.96. The normalized spacial score (nSPS) is 24.3. The van der Waals surface area contributed by atoms with Gasteiger partial charge < -0.3 is 10.6 Å². The lowest BCUT2D eigenvalue weighted by Crippen LogP contribution is -2.36. The first-order valence-electron chi connectivity index (χ1n) is 5.92. The summed E-state index contributed by atoms with van der Waals surface area (Å²) in [5, 5.41) is 16.5. The van der Waals surface area contributed by atoms with E-state index in [0.717, 1.165) is 6.20 Å². The third-order valence-corrected chi connectivity index (χ3v) is 5.02. The van der Waals surface area contributed by atoms with Gasteiger partial charge in [-0.15, -0.1) is 0 Å². The average Bonchev–Trinajstić information content (AvgIpc) is 2.62. The molecule has 20 heavy (non-hydrogen) atoms. The predicted octanol–water partition coefficient (Wildman–Crippen LogP) is 0.416. The van der Waals surface area contributed by atoms with Gasteiger partial charge in [0.1, 0.15) is 6.20 Å². The molecule has 1 aliphatic heterocycles. The van der Waals surface area contributed by atoms with Gasteiger partial charge in [0.2, 0.25) is 11.8 Å². The third-order valence-electron chi connectivity index (χ3n) is 3.11. The largest absolute Gasteiger partial charge is 0.358 e. The molecule has 0 aliphatic carbocycles. The van der Waals surface area contributed by atoms with Gasteiger partial charge in [-0.1, -0.05) is 0 Å². The lowest BCUT2D eigenvalue weighted by molar-refractivity contribution is -0.384. The van der Waals surface area contributed by atoms with Crippen molar-refractivity contribution < 1.29 is 13.3 Å². The fourth-order valence-corrected chi connectivity index (χ4v) is 4.21. The fraction of sp³-hybridized carbons (Fsp3) is 0.600. The highest BCUT2D eigenvalue weighted by molar-refractivity contribution is 7.91.